The third-order valence-corrected chi connectivity index (χ3v) is 5.63. The zero-order valence-electron chi connectivity index (χ0n) is 15.9. The lowest BCUT2D eigenvalue weighted by atomic mass is 9.93. The van der Waals surface area contributed by atoms with E-state index in [1.807, 2.05) is 60.9 Å². The number of aliphatic imine (C=N–C) groups is 1. The highest BCUT2D eigenvalue weighted by molar-refractivity contribution is 7.98. The zero-order valence-corrected chi connectivity index (χ0v) is 16.7. The summed E-state index contributed by atoms with van der Waals surface area (Å²) in [5.74, 6) is -0.274. The van der Waals surface area contributed by atoms with Gasteiger partial charge < -0.3 is 5.73 Å². The molecule has 29 heavy (non-hydrogen) atoms. The van der Waals surface area contributed by atoms with Crippen LogP contribution < -0.4 is 10.6 Å². The van der Waals surface area contributed by atoms with Gasteiger partial charge in [0.2, 0.25) is 0 Å². The van der Waals surface area contributed by atoms with Crippen molar-refractivity contribution in [2.45, 2.75) is 11.3 Å². The van der Waals surface area contributed by atoms with E-state index in [1.165, 1.54) is 17.0 Å². The monoisotopic (exact) mass is 405 g/mol. The van der Waals surface area contributed by atoms with E-state index in [4.69, 9.17) is 5.73 Å². The van der Waals surface area contributed by atoms with Crippen LogP contribution in [0.15, 0.2) is 76.6 Å². The lowest BCUT2D eigenvalue weighted by Gasteiger charge is -2.22. The second kappa shape index (κ2) is 8.09. The SMILES string of the molecule is CSc1cccc(N(C(N)=O)c2ccc(C3=NCCc4ccc(F)cc43)cc2)c1. The highest BCUT2D eigenvalue weighted by atomic mass is 32.2. The molecule has 0 atom stereocenters. The van der Waals surface area contributed by atoms with Crippen molar-refractivity contribution in [3.8, 4) is 0 Å². The minimum absolute atomic E-state index is 0.274. The van der Waals surface area contributed by atoms with E-state index in [0.717, 1.165) is 33.7 Å². The number of rotatable bonds is 4. The number of carbonyl (C=O) groups excluding carboxylic acids is 1. The maximum atomic E-state index is 13.8. The van der Waals surface area contributed by atoms with Crippen molar-refractivity contribution in [3.63, 3.8) is 0 Å². The first-order chi connectivity index (χ1) is 14.1. The molecule has 1 heterocycles. The number of amides is 2. The van der Waals surface area contributed by atoms with E-state index in [0.29, 0.717) is 17.9 Å². The number of halogens is 1. The Bertz CT molecular complexity index is 1100. The predicted molar refractivity (Wildman–Crippen MR) is 117 cm³/mol. The summed E-state index contributed by atoms with van der Waals surface area (Å²) in [6.07, 6.45) is 2.78. The molecule has 6 heteroatoms. The van der Waals surface area contributed by atoms with Crippen LogP contribution >= 0.6 is 11.8 Å². The Morgan fingerprint density at radius 1 is 1.07 bits per heavy atom. The van der Waals surface area contributed by atoms with Crippen LogP contribution in [0.5, 0.6) is 0 Å². The van der Waals surface area contributed by atoms with Crippen LogP contribution in [0.2, 0.25) is 0 Å². The van der Waals surface area contributed by atoms with Gasteiger partial charge in [0.25, 0.3) is 0 Å². The first kappa shape index (κ1) is 19.2. The van der Waals surface area contributed by atoms with Crippen LogP contribution in [0.3, 0.4) is 0 Å². The summed E-state index contributed by atoms with van der Waals surface area (Å²) in [5.41, 5.74) is 10.6. The standard InChI is InChI=1S/C23H20FN3OS/c1-29-20-4-2-3-19(14-20)27(23(25)28)18-9-6-16(7-10-18)22-21-13-17(24)8-5-15(21)11-12-26-22/h2-10,13-14H,11-12H2,1H3,(H2,25,28). The molecular formula is C23H20FN3OS. The van der Waals surface area contributed by atoms with Gasteiger partial charge in [0.05, 0.1) is 17.1 Å². The fraction of sp³-hybridized carbons (Fsp3) is 0.130. The van der Waals surface area contributed by atoms with Crippen molar-refractivity contribution in [2.24, 2.45) is 10.7 Å². The minimum atomic E-state index is -0.557. The number of thioether (sulfide) groups is 1. The second-order valence-electron chi connectivity index (χ2n) is 6.70. The van der Waals surface area contributed by atoms with Crippen molar-refractivity contribution in [3.05, 3.63) is 89.2 Å². The van der Waals surface area contributed by atoms with E-state index in [-0.39, 0.29) is 5.82 Å². The molecule has 0 saturated heterocycles. The van der Waals surface area contributed by atoms with Crippen LogP contribution in [0.1, 0.15) is 16.7 Å². The van der Waals surface area contributed by atoms with Crippen LogP contribution in [-0.2, 0) is 6.42 Å². The lowest BCUT2D eigenvalue weighted by molar-refractivity contribution is 0.256. The van der Waals surface area contributed by atoms with Crippen molar-refractivity contribution in [1.29, 1.82) is 0 Å². The summed E-state index contributed by atoms with van der Waals surface area (Å²) in [4.78, 5) is 19.3. The number of primary amides is 1. The van der Waals surface area contributed by atoms with Crippen LogP contribution in [0.4, 0.5) is 20.6 Å². The molecule has 3 aromatic rings. The van der Waals surface area contributed by atoms with Crippen LogP contribution in [-0.4, -0.2) is 24.5 Å². The molecule has 0 fully saturated rings. The average Bonchev–Trinajstić information content (AvgIpc) is 2.74. The molecule has 0 aromatic heterocycles. The molecule has 2 N–H and O–H groups in total. The largest absolute Gasteiger partial charge is 0.351 e. The molecule has 0 spiro atoms. The van der Waals surface area contributed by atoms with Crippen molar-refractivity contribution in [1.82, 2.24) is 0 Å². The van der Waals surface area contributed by atoms with Gasteiger partial charge in [0, 0.05) is 22.6 Å². The van der Waals surface area contributed by atoms with E-state index < -0.39 is 6.03 Å². The lowest BCUT2D eigenvalue weighted by Crippen LogP contribution is -2.31. The molecule has 0 bridgehead atoms. The Kier molecular flexibility index (Phi) is 5.36. The van der Waals surface area contributed by atoms with Gasteiger partial charge in [0.1, 0.15) is 5.82 Å². The molecule has 3 aromatic carbocycles. The summed E-state index contributed by atoms with van der Waals surface area (Å²) >= 11 is 1.60. The number of carbonyl (C=O) groups is 1. The number of hydrogen-bond donors (Lipinski definition) is 1. The summed E-state index contributed by atoms with van der Waals surface area (Å²) in [5, 5.41) is 0. The molecule has 0 radical (unpaired) electrons. The number of urea groups is 1. The van der Waals surface area contributed by atoms with Gasteiger partial charge in [-0.3, -0.25) is 9.89 Å². The normalized spacial score (nSPS) is 12.8. The van der Waals surface area contributed by atoms with Crippen LogP contribution in [0, 0.1) is 5.82 Å². The average molecular weight is 405 g/mol. The highest BCUT2D eigenvalue weighted by Crippen LogP contribution is 2.30. The van der Waals surface area contributed by atoms with Gasteiger partial charge in [-0.2, -0.15) is 0 Å². The Balaban J connectivity index is 1.69. The van der Waals surface area contributed by atoms with Crippen molar-refractivity contribution < 1.29 is 9.18 Å². The smallest absolute Gasteiger partial charge is 0.323 e. The first-order valence-corrected chi connectivity index (χ1v) is 10.5. The molecule has 1 aliphatic rings. The molecule has 2 amide bonds. The maximum Gasteiger partial charge on any atom is 0.323 e. The predicted octanol–water partition coefficient (Wildman–Crippen LogP) is 5.16. The summed E-state index contributed by atoms with van der Waals surface area (Å²) in [7, 11) is 0. The van der Waals surface area contributed by atoms with Gasteiger partial charge in [0.15, 0.2) is 0 Å². The first-order valence-electron chi connectivity index (χ1n) is 9.24. The van der Waals surface area contributed by atoms with Crippen molar-refractivity contribution in [2.75, 3.05) is 17.7 Å². The third-order valence-electron chi connectivity index (χ3n) is 4.91. The summed E-state index contributed by atoms with van der Waals surface area (Å²) < 4.78 is 13.8. The molecule has 146 valence electrons. The molecule has 0 saturated carbocycles. The molecule has 0 unspecified atom stereocenters. The third kappa shape index (κ3) is 3.89. The summed E-state index contributed by atoms with van der Waals surface area (Å²) in [6.45, 7) is 0.671. The minimum Gasteiger partial charge on any atom is -0.351 e. The van der Waals surface area contributed by atoms with Gasteiger partial charge >= 0.3 is 6.03 Å². The molecular weight excluding hydrogens is 385 g/mol. The van der Waals surface area contributed by atoms with Gasteiger partial charge in [-0.05, 0) is 60.7 Å². The number of fused-ring (bicyclic) bond motifs is 1. The zero-order chi connectivity index (χ0) is 20.4. The fourth-order valence-electron chi connectivity index (χ4n) is 3.53. The van der Waals surface area contributed by atoms with Gasteiger partial charge in [-0.1, -0.05) is 24.3 Å². The number of benzene rings is 3. The molecule has 4 nitrogen and oxygen atoms in total. The summed E-state index contributed by atoms with van der Waals surface area (Å²) in [6, 6.07) is 19.4. The van der Waals surface area contributed by atoms with Gasteiger partial charge in [-0.15, -0.1) is 11.8 Å². The number of nitrogens with zero attached hydrogens (tertiary/aromatic N) is 2. The highest BCUT2D eigenvalue weighted by Gasteiger charge is 2.19. The van der Waals surface area contributed by atoms with E-state index in [9.17, 15) is 9.18 Å². The van der Waals surface area contributed by atoms with Crippen molar-refractivity contribution >= 4 is 34.9 Å². The Morgan fingerprint density at radius 3 is 2.59 bits per heavy atom. The van der Waals surface area contributed by atoms with E-state index in [2.05, 4.69) is 4.99 Å². The number of nitrogens with two attached hydrogens (primary N) is 1. The van der Waals surface area contributed by atoms with E-state index >= 15 is 0 Å². The maximum absolute atomic E-state index is 13.8. The topological polar surface area (TPSA) is 58.7 Å². The Labute approximate surface area is 173 Å². The Morgan fingerprint density at radius 2 is 1.86 bits per heavy atom. The van der Waals surface area contributed by atoms with Crippen LogP contribution in [0.25, 0.3) is 0 Å². The Hall–Kier alpha value is -3.12. The molecule has 0 aliphatic carbocycles. The molecule has 4 rings (SSSR count). The number of hydrogen-bond acceptors (Lipinski definition) is 3. The molecule has 1 aliphatic heterocycles. The van der Waals surface area contributed by atoms with Gasteiger partial charge in [-0.25, -0.2) is 9.18 Å². The quantitative estimate of drug-likeness (QED) is 0.610. The fourth-order valence-corrected chi connectivity index (χ4v) is 3.98. The van der Waals surface area contributed by atoms with E-state index in [1.54, 1.807) is 11.8 Å². The number of anilines is 2. The second-order valence-corrected chi connectivity index (χ2v) is 7.58.